The van der Waals surface area contributed by atoms with Gasteiger partial charge in [-0.25, -0.2) is 4.98 Å². The molecule has 7 heteroatoms. The molecule has 1 saturated heterocycles. The van der Waals surface area contributed by atoms with Crippen molar-refractivity contribution in [1.29, 1.82) is 0 Å². The normalized spacial score (nSPS) is 17.8. The molecule has 1 amide bonds. The number of aromatic amines is 1. The lowest BCUT2D eigenvalue weighted by molar-refractivity contribution is 0.0525. The van der Waals surface area contributed by atoms with Gasteiger partial charge in [0.2, 0.25) is 5.88 Å². The van der Waals surface area contributed by atoms with Crippen molar-refractivity contribution in [2.24, 2.45) is 0 Å². The average molecular weight is 323 g/mol. The molecular weight excluding hydrogens is 306 g/mol. The van der Waals surface area contributed by atoms with Crippen LogP contribution < -0.4 is 4.74 Å². The second-order valence-electron chi connectivity index (χ2n) is 5.83. The number of rotatable bonds is 3. The molecule has 1 fully saturated rings. The number of carbonyl (C=O) groups is 1. The first-order valence-electron chi connectivity index (χ1n) is 7.96. The Hall–Kier alpha value is -2.96. The zero-order chi connectivity index (χ0) is 16.4. The number of piperidine rings is 1. The Bertz CT molecular complexity index is 848. The van der Waals surface area contributed by atoms with Crippen LogP contribution in [0.5, 0.6) is 5.88 Å². The van der Waals surface area contributed by atoms with Gasteiger partial charge in [0.25, 0.3) is 5.91 Å². The number of fused-ring (bicyclic) bond motifs is 1. The predicted octanol–water partition coefficient (Wildman–Crippen LogP) is 2.04. The molecule has 1 aliphatic heterocycles. The van der Waals surface area contributed by atoms with Gasteiger partial charge in [-0.2, -0.15) is 5.10 Å². The molecule has 7 nitrogen and oxygen atoms in total. The number of amides is 1. The van der Waals surface area contributed by atoms with Crippen LogP contribution in [0.1, 0.15) is 23.2 Å². The molecule has 1 aliphatic rings. The topological polar surface area (TPSA) is 84.0 Å². The Morgan fingerprint density at radius 2 is 2.29 bits per heavy atom. The summed E-state index contributed by atoms with van der Waals surface area (Å²) in [6.45, 7) is 1.29. The highest BCUT2D eigenvalue weighted by atomic mass is 16.5. The molecule has 0 aliphatic carbocycles. The van der Waals surface area contributed by atoms with Gasteiger partial charge in [-0.15, -0.1) is 5.10 Å². The Balaban J connectivity index is 1.47. The number of benzene rings is 1. The standard InChI is InChI=1S/C17H17N5O2/c23-17(12-5-6-14-15(9-12)19-11-18-14)22-8-2-3-13(10-22)24-16-4-1-7-20-21-16/h1,4-7,9,11,13H,2-3,8,10H2,(H,18,19). The second kappa shape index (κ2) is 6.27. The van der Waals surface area contributed by atoms with Crippen molar-refractivity contribution in [3.8, 4) is 5.88 Å². The van der Waals surface area contributed by atoms with E-state index in [4.69, 9.17) is 4.74 Å². The summed E-state index contributed by atoms with van der Waals surface area (Å²) < 4.78 is 5.85. The van der Waals surface area contributed by atoms with Crippen LogP contribution in [0, 0.1) is 0 Å². The van der Waals surface area contributed by atoms with E-state index in [1.165, 1.54) is 0 Å². The molecule has 1 N–H and O–H groups in total. The maximum Gasteiger partial charge on any atom is 0.254 e. The fraction of sp³-hybridized carbons (Fsp3) is 0.294. The number of hydrogen-bond acceptors (Lipinski definition) is 5. The highest BCUT2D eigenvalue weighted by Gasteiger charge is 2.26. The Morgan fingerprint density at radius 3 is 3.17 bits per heavy atom. The van der Waals surface area contributed by atoms with Crippen LogP contribution in [-0.2, 0) is 0 Å². The highest BCUT2D eigenvalue weighted by molar-refractivity contribution is 5.97. The first-order valence-corrected chi connectivity index (χ1v) is 7.96. The fourth-order valence-electron chi connectivity index (χ4n) is 2.99. The van der Waals surface area contributed by atoms with Gasteiger partial charge in [-0.1, -0.05) is 0 Å². The third-order valence-corrected chi connectivity index (χ3v) is 4.17. The number of H-pyrrole nitrogens is 1. The third kappa shape index (κ3) is 2.92. The molecule has 24 heavy (non-hydrogen) atoms. The van der Waals surface area contributed by atoms with E-state index in [1.54, 1.807) is 24.7 Å². The minimum Gasteiger partial charge on any atom is -0.471 e. The molecule has 0 bridgehead atoms. The molecule has 4 rings (SSSR count). The highest BCUT2D eigenvalue weighted by Crippen LogP contribution is 2.19. The zero-order valence-electron chi connectivity index (χ0n) is 13.1. The quantitative estimate of drug-likeness (QED) is 0.797. The lowest BCUT2D eigenvalue weighted by atomic mass is 10.1. The van der Waals surface area contributed by atoms with E-state index in [0.29, 0.717) is 18.0 Å². The number of aromatic nitrogens is 4. The first kappa shape index (κ1) is 14.6. The van der Waals surface area contributed by atoms with E-state index in [-0.39, 0.29) is 12.0 Å². The maximum atomic E-state index is 12.8. The van der Waals surface area contributed by atoms with Crippen molar-refractivity contribution in [1.82, 2.24) is 25.1 Å². The van der Waals surface area contributed by atoms with Crippen molar-refractivity contribution < 1.29 is 9.53 Å². The lowest BCUT2D eigenvalue weighted by Crippen LogP contribution is -2.44. The molecule has 122 valence electrons. The summed E-state index contributed by atoms with van der Waals surface area (Å²) >= 11 is 0. The van der Waals surface area contributed by atoms with Gasteiger partial charge in [0.05, 0.1) is 23.9 Å². The Morgan fingerprint density at radius 1 is 1.33 bits per heavy atom. The van der Waals surface area contributed by atoms with Gasteiger partial charge in [-0.3, -0.25) is 4.79 Å². The van der Waals surface area contributed by atoms with Crippen molar-refractivity contribution >= 4 is 16.9 Å². The van der Waals surface area contributed by atoms with Crippen LogP contribution in [0.4, 0.5) is 0 Å². The van der Waals surface area contributed by atoms with Gasteiger partial charge in [0.15, 0.2) is 0 Å². The average Bonchev–Trinajstić information content (AvgIpc) is 3.10. The lowest BCUT2D eigenvalue weighted by Gasteiger charge is -2.32. The van der Waals surface area contributed by atoms with E-state index in [9.17, 15) is 4.79 Å². The van der Waals surface area contributed by atoms with Crippen molar-refractivity contribution in [3.63, 3.8) is 0 Å². The van der Waals surface area contributed by atoms with Crippen molar-refractivity contribution in [2.75, 3.05) is 13.1 Å². The third-order valence-electron chi connectivity index (χ3n) is 4.17. The van der Waals surface area contributed by atoms with E-state index in [2.05, 4.69) is 20.2 Å². The van der Waals surface area contributed by atoms with Crippen LogP contribution in [0.25, 0.3) is 11.0 Å². The monoisotopic (exact) mass is 323 g/mol. The first-order chi connectivity index (χ1) is 11.8. The Kier molecular flexibility index (Phi) is 3.82. The molecule has 1 atom stereocenters. The van der Waals surface area contributed by atoms with Crippen LogP contribution in [-0.4, -0.2) is 50.2 Å². The molecule has 0 spiro atoms. The number of nitrogens with one attached hydrogen (secondary N) is 1. The largest absolute Gasteiger partial charge is 0.471 e. The van der Waals surface area contributed by atoms with Crippen LogP contribution in [0.15, 0.2) is 42.9 Å². The summed E-state index contributed by atoms with van der Waals surface area (Å²) in [6.07, 6.45) is 4.98. The number of nitrogens with zero attached hydrogens (tertiary/aromatic N) is 4. The van der Waals surface area contributed by atoms with Crippen molar-refractivity contribution in [3.05, 3.63) is 48.4 Å². The van der Waals surface area contributed by atoms with Crippen molar-refractivity contribution in [2.45, 2.75) is 18.9 Å². The summed E-state index contributed by atoms with van der Waals surface area (Å²) in [6, 6.07) is 9.08. The molecule has 3 aromatic rings. The van der Waals surface area contributed by atoms with Crippen LogP contribution in [0.2, 0.25) is 0 Å². The number of ether oxygens (including phenoxy) is 1. The van der Waals surface area contributed by atoms with E-state index >= 15 is 0 Å². The van der Waals surface area contributed by atoms with Crippen LogP contribution in [0.3, 0.4) is 0 Å². The molecule has 0 saturated carbocycles. The minimum atomic E-state index is -0.0599. The fourth-order valence-corrected chi connectivity index (χ4v) is 2.99. The summed E-state index contributed by atoms with van der Waals surface area (Å²) in [5.41, 5.74) is 2.38. The van der Waals surface area contributed by atoms with Gasteiger partial charge in [0.1, 0.15) is 6.10 Å². The van der Waals surface area contributed by atoms with Gasteiger partial charge >= 0.3 is 0 Å². The minimum absolute atomic E-state index is 0.0129. The molecule has 0 radical (unpaired) electrons. The molecule has 1 aromatic carbocycles. The SMILES string of the molecule is O=C(c1ccc2nc[nH]c2c1)N1CCCC(Oc2cccnn2)C1. The summed E-state index contributed by atoms with van der Waals surface area (Å²) in [5.74, 6) is 0.509. The Labute approximate surface area is 138 Å². The molecule has 3 heterocycles. The van der Waals surface area contributed by atoms with E-state index < -0.39 is 0 Å². The summed E-state index contributed by atoms with van der Waals surface area (Å²) in [5, 5.41) is 7.75. The summed E-state index contributed by atoms with van der Waals surface area (Å²) in [4.78, 5) is 21.8. The number of imidazole rings is 1. The molecule has 1 unspecified atom stereocenters. The van der Waals surface area contributed by atoms with Crippen LogP contribution >= 0.6 is 0 Å². The van der Waals surface area contributed by atoms with Gasteiger partial charge in [0, 0.05) is 24.4 Å². The van der Waals surface area contributed by atoms with Gasteiger partial charge < -0.3 is 14.6 Å². The molecular formula is C17H17N5O2. The number of carbonyl (C=O) groups excluding carboxylic acids is 1. The summed E-state index contributed by atoms with van der Waals surface area (Å²) in [7, 11) is 0. The molecule has 2 aromatic heterocycles. The second-order valence-corrected chi connectivity index (χ2v) is 5.83. The van der Waals surface area contributed by atoms with E-state index in [1.807, 2.05) is 23.1 Å². The number of hydrogen-bond donors (Lipinski definition) is 1. The smallest absolute Gasteiger partial charge is 0.254 e. The maximum absolute atomic E-state index is 12.8. The number of likely N-dealkylation sites (tertiary alicyclic amines) is 1. The van der Waals surface area contributed by atoms with E-state index in [0.717, 1.165) is 30.4 Å². The zero-order valence-corrected chi connectivity index (χ0v) is 13.1. The predicted molar refractivity (Wildman–Crippen MR) is 87.7 cm³/mol. The van der Waals surface area contributed by atoms with Gasteiger partial charge in [-0.05, 0) is 37.1 Å².